The van der Waals surface area contributed by atoms with Gasteiger partial charge in [0.25, 0.3) is 0 Å². The molecule has 0 aliphatic rings. The van der Waals surface area contributed by atoms with Crippen molar-refractivity contribution in [3.05, 3.63) is 46.4 Å². The van der Waals surface area contributed by atoms with Gasteiger partial charge in [0.2, 0.25) is 0 Å². The zero-order valence-corrected chi connectivity index (χ0v) is 11.4. The SMILES string of the molecule is Oc1cccc2sc(-c3ccc(Cl)cc3Cl)nc12. The fourth-order valence-corrected chi connectivity index (χ4v) is 3.29. The van der Waals surface area contributed by atoms with Crippen LogP contribution in [-0.4, -0.2) is 10.1 Å². The minimum Gasteiger partial charge on any atom is -0.506 e. The summed E-state index contributed by atoms with van der Waals surface area (Å²) in [6, 6.07) is 10.6. The van der Waals surface area contributed by atoms with Gasteiger partial charge in [-0.05, 0) is 30.3 Å². The Hall–Kier alpha value is -1.29. The number of rotatable bonds is 1. The second-order valence-electron chi connectivity index (χ2n) is 3.77. The van der Waals surface area contributed by atoms with Gasteiger partial charge in [0.15, 0.2) is 0 Å². The lowest BCUT2D eigenvalue weighted by atomic mass is 10.2. The van der Waals surface area contributed by atoms with Crippen molar-refractivity contribution in [2.75, 3.05) is 0 Å². The van der Waals surface area contributed by atoms with E-state index in [1.165, 1.54) is 11.3 Å². The topological polar surface area (TPSA) is 33.1 Å². The number of benzene rings is 2. The number of aromatic nitrogens is 1. The Morgan fingerprint density at radius 1 is 1.11 bits per heavy atom. The lowest BCUT2D eigenvalue weighted by Gasteiger charge is -1.99. The van der Waals surface area contributed by atoms with E-state index in [1.54, 1.807) is 24.3 Å². The fourth-order valence-electron chi connectivity index (χ4n) is 1.71. The molecule has 0 unspecified atom stereocenters. The number of fused-ring (bicyclic) bond motifs is 1. The molecule has 0 saturated carbocycles. The van der Waals surface area contributed by atoms with Crippen molar-refractivity contribution < 1.29 is 5.11 Å². The Labute approximate surface area is 117 Å². The van der Waals surface area contributed by atoms with Crippen LogP contribution in [0.5, 0.6) is 5.75 Å². The maximum Gasteiger partial charge on any atom is 0.142 e. The summed E-state index contributed by atoms with van der Waals surface area (Å²) in [5, 5.41) is 11.7. The third-order valence-corrected chi connectivity index (χ3v) is 4.16. The van der Waals surface area contributed by atoms with E-state index < -0.39 is 0 Å². The van der Waals surface area contributed by atoms with Gasteiger partial charge in [-0.3, -0.25) is 0 Å². The van der Waals surface area contributed by atoms with Gasteiger partial charge in [0, 0.05) is 10.6 Å². The maximum absolute atomic E-state index is 9.73. The van der Waals surface area contributed by atoms with Crippen LogP contribution in [0.2, 0.25) is 10.0 Å². The van der Waals surface area contributed by atoms with Crippen molar-refractivity contribution in [3.63, 3.8) is 0 Å². The summed E-state index contributed by atoms with van der Waals surface area (Å²) in [5.41, 5.74) is 1.42. The van der Waals surface area contributed by atoms with E-state index in [2.05, 4.69) is 4.98 Å². The minimum atomic E-state index is 0.181. The normalized spacial score (nSPS) is 11.0. The molecule has 0 aliphatic heterocycles. The summed E-state index contributed by atoms with van der Waals surface area (Å²) < 4.78 is 0.927. The van der Waals surface area contributed by atoms with E-state index in [1.807, 2.05) is 12.1 Å². The van der Waals surface area contributed by atoms with Crippen molar-refractivity contribution in [1.82, 2.24) is 4.98 Å². The molecule has 0 saturated heterocycles. The predicted molar refractivity (Wildman–Crippen MR) is 76.7 cm³/mol. The van der Waals surface area contributed by atoms with Gasteiger partial charge in [-0.15, -0.1) is 11.3 Å². The van der Waals surface area contributed by atoms with E-state index in [-0.39, 0.29) is 5.75 Å². The molecule has 0 amide bonds. The van der Waals surface area contributed by atoms with Crippen LogP contribution in [0.4, 0.5) is 0 Å². The molecule has 2 nitrogen and oxygen atoms in total. The molecule has 2 aromatic carbocycles. The first kappa shape index (κ1) is 11.8. The first-order valence-corrected chi connectivity index (χ1v) is 6.76. The lowest BCUT2D eigenvalue weighted by Crippen LogP contribution is -1.78. The quantitative estimate of drug-likeness (QED) is 0.687. The van der Waals surface area contributed by atoms with Crippen LogP contribution in [0.1, 0.15) is 0 Å². The van der Waals surface area contributed by atoms with E-state index in [0.29, 0.717) is 15.6 Å². The van der Waals surface area contributed by atoms with Gasteiger partial charge >= 0.3 is 0 Å². The number of para-hydroxylation sites is 1. The zero-order chi connectivity index (χ0) is 12.7. The molecule has 0 bridgehead atoms. The molecule has 0 atom stereocenters. The van der Waals surface area contributed by atoms with Crippen LogP contribution in [-0.2, 0) is 0 Å². The van der Waals surface area contributed by atoms with Crippen LogP contribution >= 0.6 is 34.5 Å². The molecular weight excluding hydrogens is 289 g/mol. The third-order valence-electron chi connectivity index (χ3n) is 2.56. The highest BCUT2D eigenvalue weighted by Gasteiger charge is 2.11. The highest BCUT2D eigenvalue weighted by Crippen LogP contribution is 2.37. The van der Waals surface area contributed by atoms with E-state index in [0.717, 1.165) is 15.3 Å². The monoisotopic (exact) mass is 295 g/mol. The number of nitrogens with zero attached hydrogens (tertiary/aromatic N) is 1. The van der Waals surface area contributed by atoms with Crippen molar-refractivity contribution in [2.45, 2.75) is 0 Å². The van der Waals surface area contributed by atoms with Gasteiger partial charge in [0.1, 0.15) is 16.3 Å². The Morgan fingerprint density at radius 2 is 1.94 bits per heavy atom. The molecular formula is C13H7Cl2NOS. The Balaban J connectivity index is 2.23. The smallest absolute Gasteiger partial charge is 0.142 e. The van der Waals surface area contributed by atoms with Crippen molar-refractivity contribution >= 4 is 44.8 Å². The summed E-state index contributed by atoms with van der Waals surface area (Å²) in [4.78, 5) is 4.41. The van der Waals surface area contributed by atoms with Gasteiger partial charge in [-0.25, -0.2) is 4.98 Å². The van der Waals surface area contributed by atoms with E-state index >= 15 is 0 Å². The standard InChI is InChI=1S/C13H7Cl2NOS/c14-7-4-5-8(9(15)6-7)13-16-12-10(17)2-1-3-11(12)18-13/h1-6,17H. The van der Waals surface area contributed by atoms with Crippen LogP contribution in [0.3, 0.4) is 0 Å². The summed E-state index contributed by atoms with van der Waals surface area (Å²) >= 11 is 13.5. The van der Waals surface area contributed by atoms with Crippen molar-refractivity contribution in [2.24, 2.45) is 0 Å². The summed E-state index contributed by atoms with van der Waals surface area (Å²) in [7, 11) is 0. The number of phenols is 1. The number of aromatic hydroxyl groups is 1. The first-order valence-electron chi connectivity index (χ1n) is 5.19. The number of hydrogen-bond donors (Lipinski definition) is 1. The first-order chi connectivity index (χ1) is 8.65. The lowest BCUT2D eigenvalue weighted by molar-refractivity contribution is 0.480. The van der Waals surface area contributed by atoms with Gasteiger partial charge < -0.3 is 5.11 Å². The molecule has 0 spiro atoms. The molecule has 1 aromatic heterocycles. The molecule has 0 radical (unpaired) electrons. The van der Waals surface area contributed by atoms with E-state index in [4.69, 9.17) is 23.2 Å². The van der Waals surface area contributed by atoms with Crippen molar-refractivity contribution in [3.8, 4) is 16.3 Å². The van der Waals surface area contributed by atoms with Gasteiger partial charge in [-0.1, -0.05) is 29.3 Å². The Bertz CT molecular complexity index is 739. The molecule has 3 aromatic rings. The van der Waals surface area contributed by atoms with E-state index in [9.17, 15) is 5.11 Å². The molecule has 0 fully saturated rings. The summed E-state index contributed by atoms with van der Waals surface area (Å²) in [6.45, 7) is 0. The van der Waals surface area contributed by atoms with Crippen molar-refractivity contribution in [1.29, 1.82) is 0 Å². The number of phenolic OH excluding ortho intramolecular Hbond substituents is 1. The minimum absolute atomic E-state index is 0.181. The molecule has 18 heavy (non-hydrogen) atoms. The molecule has 0 aliphatic carbocycles. The molecule has 3 rings (SSSR count). The number of thiazole rings is 1. The van der Waals surface area contributed by atoms with Crippen LogP contribution < -0.4 is 0 Å². The average Bonchev–Trinajstić information content (AvgIpc) is 2.74. The molecule has 1 heterocycles. The average molecular weight is 296 g/mol. The van der Waals surface area contributed by atoms with Gasteiger partial charge in [0.05, 0.1) is 9.72 Å². The second-order valence-corrected chi connectivity index (χ2v) is 5.64. The number of hydrogen-bond acceptors (Lipinski definition) is 3. The second kappa shape index (κ2) is 4.43. The highest BCUT2D eigenvalue weighted by atomic mass is 35.5. The van der Waals surface area contributed by atoms with Crippen LogP contribution in [0.25, 0.3) is 20.8 Å². The summed E-state index contributed by atoms with van der Waals surface area (Å²) in [5.74, 6) is 0.181. The zero-order valence-electron chi connectivity index (χ0n) is 9.02. The Kier molecular flexibility index (Phi) is 2.90. The van der Waals surface area contributed by atoms with Crippen LogP contribution in [0.15, 0.2) is 36.4 Å². The maximum atomic E-state index is 9.73. The molecule has 1 N–H and O–H groups in total. The largest absolute Gasteiger partial charge is 0.506 e. The van der Waals surface area contributed by atoms with Crippen LogP contribution in [0, 0.1) is 0 Å². The molecule has 90 valence electrons. The van der Waals surface area contributed by atoms with Gasteiger partial charge in [-0.2, -0.15) is 0 Å². The summed E-state index contributed by atoms with van der Waals surface area (Å²) in [6.07, 6.45) is 0. The number of halogens is 2. The predicted octanol–water partition coefficient (Wildman–Crippen LogP) is 4.98. The highest BCUT2D eigenvalue weighted by molar-refractivity contribution is 7.21. The third kappa shape index (κ3) is 1.94. The fraction of sp³-hybridized carbons (Fsp3) is 0. The Morgan fingerprint density at radius 3 is 2.67 bits per heavy atom. The molecule has 5 heteroatoms.